The standard InChI is InChI=1S/C14H15NS/c1-11-7-3-4-8-12(11)15(2)13-9-5-6-10-14(13)16/h3-10,16H,1-2H3. The van der Waals surface area contributed by atoms with Gasteiger partial charge in [0.1, 0.15) is 0 Å². The van der Waals surface area contributed by atoms with E-state index in [4.69, 9.17) is 0 Å². The first-order valence-electron chi connectivity index (χ1n) is 5.27. The molecular weight excluding hydrogens is 214 g/mol. The third-order valence-corrected chi connectivity index (χ3v) is 3.10. The number of para-hydroxylation sites is 2. The van der Waals surface area contributed by atoms with Gasteiger partial charge in [0.25, 0.3) is 0 Å². The summed E-state index contributed by atoms with van der Waals surface area (Å²) in [6, 6.07) is 16.5. The van der Waals surface area contributed by atoms with Crippen molar-refractivity contribution in [3.8, 4) is 0 Å². The van der Waals surface area contributed by atoms with E-state index in [9.17, 15) is 0 Å². The summed E-state index contributed by atoms with van der Waals surface area (Å²) >= 11 is 4.48. The number of anilines is 2. The first kappa shape index (κ1) is 11.1. The molecule has 2 rings (SSSR count). The van der Waals surface area contributed by atoms with Crippen LogP contribution < -0.4 is 4.90 Å². The zero-order chi connectivity index (χ0) is 11.5. The second kappa shape index (κ2) is 4.62. The minimum atomic E-state index is 0.994. The van der Waals surface area contributed by atoms with Gasteiger partial charge in [0, 0.05) is 17.6 Å². The van der Waals surface area contributed by atoms with Gasteiger partial charge < -0.3 is 4.90 Å². The summed E-state index contributed by atoms with van der Waals surface area (Å²) in [7, 11) is 2.07. The molecule has 0 fully saturated rings. The second-order valence-electron chi connectivity index (χ2n) is 3.83. The Labute approximate surface area is 102 Å². The van der Waals surface area contributed by atoms with Gasteiger partial charge in [-0.2, -0.15) is 0 Å². The number of hydrogen-bond donors (Lipinski definition) is 1. The molecule has 0 aromatic heterocycles. The van der Waals surface area contributed by atoms with Gasteiger partial charge in [-0.3, -0.25) is 0 Å². The van der Waals surface area contributed by atoms with Crippen LogP contribution in [0.25, 0.3) is 0 Å². The van der Waals surface area contributed by atoms with Crippen LogP contribution in [-0.4, -0.2) is 7.05 Å². The smallest absolute Gasteiger partial charge is 0.0543 e. The van der Waals surface area contributed by atoms with Crippen LogP contribution in [-0.2, 0) is 0 Å². The maximum atomic E-state index is 4.48. The van der Waals surface area contributed by atoms with E-state index in [0.717, 1.165) is 10.6 Å². The van der Waals surface area contributed by atoms with Crippen molar-refractivity contribution in [3.05, 3.63) is 54.1 Å². The average molecular weight is 229 g/mol. The third-order valence-electron chi connectivity index (χ3n) is 2.72. The minimum absolute atomic E-state index is 0.994. The Morgan fingerprint density at radius 3 is 2.06 bits per heavy atom. The Hall–Kier alpha value is -1.41. The first-order valence-corrected chi connectivity index (χ1v) is 5.72. The molecule has 1 nitrogen and oxygen atoms in total. The molecule has 0 unspecified atom stereocenters. The van der Waals surface area contributed by atoms with Crippen LogP contribution in [0.3, 0.4) is 0 Å². The molecule has 0 spiro atoms. The molecule has 0 aliphatic carbocycles. The summed E-state index contributed by atoms with van der Waals surface area (Å²) in [4.78, 5) is 3.16. The molecular formula is C14H15NS. The van der Waals surface area contributed by atoms with Crippen molar-refractivity contribution in [3.63, 3.8) is 0 Å². The van der Waals surface area contributed by atoms with Crippen molar-refractivity contribution in [1.82, 2.24) is 0 Å². The molecule has 0 aliphatic rings. The van der Waals surface area contributed by atoms with Crippen molar-refractivity contribution in [2.75, 3.05) is 11.9 Å². The molecule has 0 aliphatic heterocycles. The number of hydrogen-bond acceptors (Lipinski definition) is 2. The molecule has 2 aromatic rings. The normalized spacial score (nSPS) is 10.2. The van der Waals surface area contributed by atoms with Gasteiger partial charge in [0.15, 0.2) is 0 Å². The van der Waals surface area contributed by atoms with Gasteiger partial charge >= 0.3 is 0 Å². The third kappa shape index (κ3) is 2.07. The summed E-state index contributed by atoms with van der Waals surface area (Å²) in [6.45, 7) is 2.12. The lowest BCUT2D eigenvalue weighted by Gasteiger charge is -2.22. The molecule has 0 N–H and O–H groups in total. The Kier molecular flexibility index (Phi) is 3.20. The molecule has 0 heterocycles. The van der Waals surface area contributed by atoms with Crippen LogP contribution in [0.5, 0.6) is 0 Å². The molecule has 0 amide bonds. The van der Waals surface area contributed by atoms with Crippen LogP contribution in [0.15, 0.2) is 53.4 Å². The number of aryl methyl sites for hydroxylation is 1. The van der Waals surface area contributed by atoms with E-state index in [2.05, 4.69) is 61.8 Å². The number of thiol groups is 1. The average Bonchev–Trinajstić information content (AvgIpc) is 2.29. The molecule has 0 radical (unpaired) electrons. The minimum Gasteiger partial charge on any atom is -0.344 e. The van der Waals surface area contributed by atoms with Crippen LogP contribution in [0.4, 0.5) is 11.4 Å². The first-order chi connectivity index (χ1) is 7.70. The van der Waals surface area contributed by atoms with Crippen LogP contribution in [0, 0.1) is 6.92 Å². The maximum absolute atomic E-state index is 4.48. The van der Waals surface area contributed by atoms with E-state index in [0.29, 0.717) is 0 Å². The predicted molar refractivity (Wildman–Crippen MR) is 72.9 cm³/mol. The fourth-order valence-electron chi connectivity index (χ4n) is 1.82. The highest BCUT2D eigenvalue weighted by atomic mass is 32.1. The highest BCUT2D eigenvalue weighted by Gasteiger charge is 2.08. The van der Waals surface area contributed by atoms with Gasteiger partial charge in [-0.1, -0.05) is 30.3 Å². The van der Waals surface area contributed by atoms with Gasteiger partial charge in [0.2, 0.25) is 0 Å². The van der Waals surface area contributed by atoms with Crippen LogP contribution >= 0.6 is 12.6 Å². The van der Waals surface area contributed by atoms with E-state index in [1.54, 1.807) is 0 Å². The molecule has 2 heteroatoms. The molecule has 16 heavy (non-hydrogen) atoms. The van der Waals surface area contributed by atoms with Crippen molar-refractivity contribution in [2.24, 2.45) is 0 Å². The lowest BCUT2D eigenvalue weighted by molar-refractivity contribution is 1.15. The van der Waals surface area contributed by atoms with Crippen molar-refractivity contribution in [2.45, 2.75) is 11.8 Å². The lowest BCUT2D eigenvalue weighted by atomic mass is 10.1. The van der Waals surface area contributed by atoms with Crippen molar-refractivity contribution >= 4 is 24.0 Å². The molecule has 82 valence electrons. The topological polar surface area (TPSA) is 3.24 Å². The fraction of sp³-hybridized carbons (Fsp3) is 0.143. The highest BCUT2D eigenvalue weighted by Crippen LogP contribution is 2.30. The van der Waals surface area contributed by atoms with Gasteiger partial charge in [-0.05, 0) is 30.7 Å². The van der Waals surface area contributed by atoms with E-state index < -0.39 is 0 Å². The summed E-state index contributed by atoms with van der Waals surface area (Å²) < 4.78 is 0. The quantitative estimate of drug-likeness (QED) is 0.760. The highest BCUT2D eigenvalue weighted by molar-refractivity contribution is 7.80. The molecule has 0 bridgehead atoms. The Morgan fingerprint density at radius 1 is 0.875 bits per heavy atom. The largest absolute Gasteiger partial charge is 0.344 e. The van der Waals surface area contributed by atoms with E-state index in [-0.39, 0.29) is 0 Å². The molecule has 2 aromatic carbocycles. The number of benzene rings is 2. The van der Waals surface area contributed by atoms with Crippen molar-refractivity contribution < 1.29 is 0 Å². The lowest BCUT2D eigenvalue weighted by Crippen LogP contribution is -2.11. The monoisotopic (exact) mass is 229 g/mol. The van der Waals surface area contributed by atoms with Gasteiger partial charge in [0.05, 0.1) is 5.69 Å². The summed E-state index contributed by atoms with van der Waals surface area (Å²) in [5.74, 6) is 0. The Bertz CT molecular complexity index is 448. The SMILES string of the molecule is Cc1ccccc1N(C)c1ccccc1S. The zero-order valence-electron chi connectivity index (χ0n) is 9.51. The number of rotatable bonds is 2. The summed E-state index contributed by atoms with van der Waals surface area (Å²) in [5.41, 5.74) is 3.60. The van der Waals surface area contributed by atoms with Crippen LogP contribution in [0.1, 0.15) is 5.56 Å². The summed E-state index contributed by atoms with van der Waals surface area (Å²) in [5, 5.41) is 0. The fourth-order valence-corrected chi connectivity index (χ4v) is 2.13. The number of nitrogens with zero attached hydrogens (tertiary/aromatic N) is 1. The predicted octanol–water partition coefficient (Wildman–Crippen LogP) is 4.05. The maximum Gasteiger partial charge on any atom is 0.0543 e. The van der Waals surface area contributed by atoms with E-state index >= 15 is 0 Å². The van der Waals surface area contributed by atoms with Crippen molar-refractivity contribution in [1.29, 1.82) is 0 Å². The molecule has 0 atom stereocenters. The molecule has 0 saturated heterocycles. The Balaban J connectivity index is 2.44. The summed E-state index contributed by atoms with van der Waals surface area (Å²) in [6.07, 6.45) is 0. The molecule has 0 saturated carbocycles. The van der Waals surface area contributed by atoms with Gasteiger partial charge in [-0.15, -0.1) is 12.6 Å². The van der Waals surface area contributed by atoms with E-state index in [1.807, 2.05) is 18.2 Å². The Morgan fingerprint density at radius 2 is 1.44 bits per heavy atom. The second-order valence-corrected chi connectivity index (χ2v) is 4.32. The zero-order valence-corrected chi connectivity index (χ0v) is 10.4. The van der Waals surface area contributed by atoms with Gasteiger partial charge in [-0.25, -0.2) is 0 Å². The van der Waals surface area contributed by atoms with Crippen LogP contribution in [0.2, 0.25) is 0 Å². The van der Waals surface area contributed by atoms with E-state index in [1.165, 1.54) is 11.3 Å².